The minimum absolute atomic E-state index is 0.190. The highest BCUT2D eigenvalue weighted by Gasteiger charge is 2.36. The van der Waals surface area contributed by atoms with E-state index >= 15 is 0 Å². The molecule has 0 aliphatic heterocycles. The van der Waals surface area contributed by atoms with Gasteiger partial charge in [-0.2, -0.15) is 4.79 Å². The highest BCUT2D eigenvalue weighted by molar-refractivity contribution is 6.60. The molecule has 0 aromatic carbocycles. The van der Waals surface area contributed by atoms with E-state index in [1.807, 2.05) is 0 Å². The Balaban J connectivity index is 3.87. The van der Waals surface area contributed by atoms with E-state index in [2.05, 4.69) is 4.79 Å². The number of carbonyl (C=O) groups excluding carboxylic acids is 1. The molecule has 0 aromatic rings. The van der Waals surface area contributed by atoms with Crippen LogP contribution in [-0.2, 0) is 22.8 Å². The number of hydrogen-bond acceptors (Lipinski definition) is 5. The van der Waals surface area contributed by atoms with Crippen LogP contribution in [0.4, 0.5) is 0 Å². The number of hydrogen-bond donors (Lipinski definition) is 0. The molecule has 0 fully saturated rings. The summed E-state index contributed by atoms with van der Waals surface area (Å²) >= 11 is 0. The summed E-state index contributed by atoms with van der Waals surface area (Å²) in [7, 11) is 1.97. The fraction of sp³-hybridized carbons (Fsp3) is 0.750. The van der Waals surface area contributed by atoms with Gasteiger partial charge < -0.3 is 23.5 Å². The largest absolute Gasteiger partial charge is 0.500 e. The van der Waals surface area contributed by atoms with Gasteiger partial charge in [0.2, 0.25) is 0 Å². The van der Waals surface area contributed by atoms with E-state index in [9.17, 15) is 4.79 Å². The van der Waals surface area contributed by atoms with Crippen LogP contribution in [0, 0.1) is 0 Å². The second-order valence-corrected chi connectivity index (χ2v) is 5.90. The van der Waals surface area contributed by atoms with Crippen molar-refractivity contribution in [1.29, 1.82) is 0 Å². The molecule has 7 nitrogen and oxygen atoms in total. The molecule has 0 rings (SSSR count). The molecule has 0 aliphatic rings. The zero-order valence-corrected chi connectivity index (χ0v) is 10.6. The Bertz CT molecular complexity index is 255. The molecule has 0 bridgehead atoms. The van der Waals surface area contributed by atoms with Crippen molar-refractivity contribution in [3.63, 3.8) is 0 Å². The van der Waals surface area contributed by atoms with E-state index < -0.39 is 14.8 Å². The van der Waals surface area contributed by atoms with Crippen molar-refractivity contribution < 1.29 is 27.6 Å². The Morgan fingerprint density at radius 1 is 1.31 bits per heavy atom. The standard InChI is InChI=1S/C8H16N2O5Si/c1-12-16(13-2,14-3)6-4-5-15-8(11)7-10-9/h7H,4-6H2,1-3H3. The van der Waals surface area contributed by atoms with Crippen molar-refractivity contribution in [1.82, 2.24) is 0 Å². The molecule has 0 saturated heterocycles. The number of carbonyl (C=O) groups is 1. The zero-order valence-electron chi connectivity index (χ0n) is 9.63. The highest BCUT2D eigenvalue weighted by atomic mass is 28.4. The predicted octanol–water partition coefficient (Wildman–Crippen LogP) is 0.0984. The van der Waals surface area contributed by atoms with Gasteiger partial charge in [0.1, 0.15) is 0 Å². The molecule has 0 amide bonds. The minimum atomic E-state index is -2.58. The fourth-order valence-corrected chi connectivity index (χ4v) is 2.79. The monoisotopic (exact) mass is 248 g/mol. The molecule has 92 valence electrons. The summed E-state index contributed by atoms with van der Waals surface area (Å²) < 4.78 is 20.3. The summed E-state index contributed by atoms with van der Waals surface area (Å²) in [5.74, 6) is -0.693. The van der Waals surface area contributed by atoms with Crippen LogP contribution in [-0.4, -0.2) is 53.7 Å². The van der Waals surface area contributed by atoms with E-state index in [1.165, 1.54) is 21.3 Å². The van der Waals surface area contributed by atoms with Gasteiger partial charge in [-0.1, -0.05) is 0 Å². The van der Waals surface area contributed by atoms with Crippen molar-refractivity contribution >= 4 is 21.0 Å². The van der Waals surface area contributed by atoms with Crippen molar-refractivity contribution in [3.8, 4) is 0 Å². The molecule has 0 unspecified atom stereocenters. The Hall–Kier alpha value is -1.05. The third kappa shape index (κ3) is 5.15. The molecular weight excluding hydrogens is 232 g/mol. The van der Waals surface area contributed by atoms with Crippen LogP contribution in [0.15, 0.2) is 0 Å². The maximum Gasteiger partial charge on any atom is 0.500 e. The van der Waals surface area contributed by atoms with Crippen molar-refractivity contribution in [2.45, 2.75) is 12.5 Å². The summed E-state index contributed by atoms with van der Waals surface area (Å²) in [5, 5.41) is 0. The number of esters is 1. The lowest BCUT2D eigenvalue weighted by Gasteiger charge is -2.23. The SMILES string of the molecule is CO[Si](CCCOC(=O)C=[N+]=[N-])(OC)OC. The first-order valence-electron chi connectivity index (χ1n) is 4.63. The van der Waals surface area contributed by atoms with Gasteiger partial charge in [0, 0.05) is 27.4 Å². The average Bonchev–Trinajstić information content (AvgIpc) is 2.31. The smallest absolute Gasteiger partial charge is 0.457 e. The lowest BCUT2D eigenvalue weighted by molar-refractivity contribution is -0.138. The van der Waals surface area contributed by atoms with E-state index in [0.717, 1.165) is 0 Å². The van der Waals surface area contributed by atoms with Gasteiger partial charge in [-0.25, -0.2) is 4.79 Å². The summed E-state index contributed by atoms with van der Waals surface area (Å²) in [4.78, 5) is 13.3. The van der Waals surface area contributed by atoms with Crippen LogP contribution in [0.25, 0.3) is 5.53 Å². The first kappa shape index (κ1) is 14.9. The number of nitrogens with zero attached hydrogens (tertiary/aromatic N) is 2. The van der Waals surface area contributed by atoms with Gasteiger partial charge in [0.05, 0.1) is 6.61 Å². The second-order valence-electron chi connectivity index (χ2n) is 2.81. The molecule has 0 heterocycles. The summed E-state index contributed by atoms with van der Waals surface area (Å²) in [6.07, 6.45) is 1.24. The van der Waals surface area contributed by atoms with Crippen molar-refractivity contribution in [3.05, 3.63) is 5.53 Å². The summed E-state index contributed by atoms with van der Waals surface area (Å²) in [6.45, 7) is 0.190. The van der Waals surface area contributed by atoms with Crippen LogP contribution in [0.5, 0.6) is 0 Å². The summed E-state index contributed by atoms with van der Waals surface area (Å²) in [5.41, 5.74) is 8.05. The lowest BCUT2D eigenvalue weighted by Crippen LogP contribution is -2.42. The van der Waals surface area contributed by atoms with Crippen LogP contribution < -0.4 is 0 Å². The van der Waals surface area contributed by atoms with Gasteiger partial charge in [-0.3, -0.25) is 0 Å². The molecule has 0 aliphatic carbocycles. The maximum atomic E-state index is 10.8. The third-order valence-corrected chi connectivity index (χ3v) is 4.80. The Morgan fingerprint density at radius 3 is 2.31 bits per heavy atom. The van der Waals surface area contributed by atoms with Gasteiger partial charge in [-0.05, 0) is 6.42 Å². The van der Waals surface area contributed by atoms with Crippen LogP contribution in [0.1, 0.15) is 6.42 Å². The molecule has 0 saturated carbocycles. The Morgan fingerprint density at radius 2 is 1.88 bits per heavy atom. The van der Waals surface area contributed by atoms with E-state index in [0.29, 0.717) is 18.7 Å². The third-order valence-electron chi connectivity index (χ3n) is 1.97. The van der Waals surface area contributed by atoms with Gasteiger partial charge in [0.15, 0.2) is 0 Å². The minimum Gasteiger partial charge on any atom is -0.457 e. The van der Waals surface area contributed by atoms with Crippen LogP contribution >= 0.6 is 0 Å². The van der Waals surface area contributed by atoms with E-state index in [4.69, 9.17) is 23.5 Å². The molecule has 0 radical (unpaired) electrons. The van der Waals surface area contributed by atoms with Gasteiger partial charge in [0.25, 0.3) is 0 Å². The molecule has 8 heteroatoms. The molecule has 0 N–H and O–H groups in total. The average molecular weight is 248 g/mol. The number of rotatable bonds is 8. The molecule has 0 atom stereocenters. The van der Waals surface area contributed by atoms with E-state index in [1.54, 1.807) is 0 Å². The fourth-order valence-electron chi connectivity index (χ4n) is 1.10. The highest BCUT2D eigenvalue weighted by Crippen LogP contribution is 2.14. The summed E-state index contributed by atoms with van der Waals surface area (Å²) in [6, 6.07) is 0.542. The van der Waals surface area contributed by atoms with Crippen LogP contribution in [0.3, 0.4) is 0 Å². The molecule has 0 aromatic heterocycles. The Labute approximate surface area is 95.2 Å². The first-order chi connectivity index (χ1) is 7.64. The zero-order chi connectivity index (χ0) is 12.4. The molecular formula is C8H16N2O5Si. The normalized spacial score (nSPS) is 10.7. The topological polar surface area (TPSA) is 90.4 Å². The number of ether oxygens (including phenoxy) is 1. The van der Waals surface area contributed by atoms with Crippen molar-refractivity contribution in [2.24, 2.45) is 0 Å². The lowest BCUT2D eigenvalue weighted by atomic mass is 10.5. The van der Waals surface area contributed by atoms with Crippen molar-refractivity contribution in [2.75, 3.05) is 27.9 Å². The quantitative estimate of drug-likeness (QED) is 0.152. The Kier molecular flexibility index (Phi) is 7.60. The maximum absolute atomic E-state index is 10.8. The molecule has 16 heavy (non-hydrogen) atoms. The first-order valence-corrected chi connectivity index (χ1v) is 6.57. The molecule has 0 spiro atoms. The van der Waals surface area contributed by atoms with Crippen LogP contribution in [0.2, 0.25) is 6.04 Å². The van der Waals surface area contributed by atoms with E-state index in [-0.39, 0.29) is 6.61 Å². The van der Waals surface area contributed by atoms with Gasteiger partial charge in [-0.15, -0.1) is 0 Å². The van der Waals surface area contributed by atoms with Gasteiger partial charge >= 0.3 is 21.0 Å². The second kappa shape index (κ2) is 8.14. The predicted molar refractivity (Wildman–Crippen MR) is 56.8 cm³/mol.